The van der Waals surface area contributed by atoms with Gasteiger partial charge in [-0.1, -0.05) is 6.08 Å². The molecule has 1 saturated carbocycles. The molecule has 1 aliphatic carbocycles. The van der Waals surface area contributed by atoms with Gasteiger partial charge in [0.15, 0.2) is 17.1 Å². The second-order valence-corrected chi connectivity index (χ2v) is 4.78. The van der Waals surface area contributed by atoms with Gasteiger partial charge in [0, 0.05) is 30.6 Å². The summed E-state index contributed by atoms with van der Waals surface area (Å²) in [6, 6.07) is 0. The number of carbonyl (C=O) groups is 3. The second kappa shape index (κ2) is 3.52. The Hall–Kier alpha value is -1.95. The summed E-state index contributed by atoms with van der Waals surface area (Å²) >= 11 is 0. The number of Topliss-reactive ketones (excluding diaryl/α,β-unsaturated/α-hetero) is 2. The predicted octanol–water partition coefficient (Wildman–Crippen LogP) is -1.17. The fourth-order valence-electron chi connectivity index (χ4n) is 2.70. The molecule has 0 radical (unpaired) electrons. The molecule has 0 aromatic carbocycles. The minimum absolute atomic E-state index is 0.0226. The van der Waals surface area contributed by atoms with E-state index >= 15 is 0 Å². The number of rotatable bonds is 1. The number of primary amides is 1. The molecule has 3 rings (SSSR count). The highest BCUT2D eigenvalue weighted by Crippen LogP contribution is 2.38. The number of hydrogen-bond donors (Lipinski definition) is 2. The van der Waals surface area contributed by atoms with E-state index in [1.54, 1.807) is 11.1 Å². The zero-order chi connectivity index (χ0) is 12.9. The van der Waals surface area contributed by atoms with Crippen LogP contribution < -0.4 is 11.1 Å². The van der Waals surface area contributed by atoms with E-state index in [-0.39, 0.29) is 18.0 Å². The third-order valence-electron chi connectivity index (χ3n) is 3.81. The van der Waals surface area contributed by atoms with Crippen LogP contribution in [0.1, 0.15) is 12.8 Å². The lowest BCUT2D eigenvalue weighted by atomic mass is 9.70. The molecule has 3 aliphatic rings. The molecule has 6 heteroatoms. The Morgan fingerprint density at radius 1 is 1.39 bits per heavy atom. The number of amides is 1. The van der Waals surface area contributed by atoms with Gasteiger partial charge in [-0.25, -0.2) is 0 Å². The van der Waals surface area contributed by atoms with Crippen LogP contribution in [0.3, 0.4) is 0 Å². The molecule has 0 aromatic rings. The smallest absolute Gasteiger partial charge is 0.246 e. The molecule has 94 valence electrons. The number of hydrogen-bond acceptors (Lipinski definition) is 5. The molecule has 1 saturated heterocycles. The van der Waals surface area contributed by atoms with Crippen LogP contribution in [0.2, 0.25) is 0 Å². The summed E-state index contributed by atoms with van der Waals surface area (Å²) in [5, 5.41) is 3.08. The largest absolute Gasteiger partial charge is 0.366 e. The van der Waals surface area contributed by atoms with E-state index in [0.29, 0.717) is 25.1 Å². The summed E-state index contributed by atoms with van der Waals surface area (Å²) < 4.78 is 0. The fourth-order valence-corrected chi connectivity index (χ4v) is 2.70. The number of allylic oxidation sites excluding steroid dienone is 1. The summed E-state index contributed by atoms with van der Waals surface area (Å²) in [7, 11) is 0. The van der Waals surface area contributed by atoms with E-state index in [1.165, 1.54) is 0 Å². The van der Waals surface area contributed by atoms with Crippen LogP contribution in [0.15, 0.2) is 23.5 Å². The van der Waals surface area contributed by atoms with Crippen LogP contribution in [0, 0.1) is 0 Å². The maximum Gasteiger partial charge on any atom is 0.246 e. The van der Waals surface area contributed by atoms with Gasteiger partial charge in [-0.3, -0.25) is 14.4 Å². The highest BCUT2D eigenvalue weighted by Gasteiger charge is 2.60. The van der Waals surface area contributed by atoms with Crippen LogP contribution in [0.4, 0.5) is 0 Å². The Bertz CT molecular complexity index is 519. The van der Waals surface area contributed by atoms with Gasteiger partial charge in [0.25, 0.3) is 0 Å². The molecular weight excluding hydrogens is 234 g/mol. The molecule has 6 nitrogen and oxygen atoms in total. The Balaban J connectivity index is 2.04. The summed E-state index contributed by atoms with van der Waals surface area (Å²) in [5.41, 5.74) is 5.40. The zero-order valence-electron chi connectivity index (χ0n) is 9.73. The highest BCUT2D eigenvalue weighted by atomic mass is 16.2. The van der Waals surface area contributed by atoms with E-state index in [0.717, 1.165) is 5.70 Å². The van der Waals surface area contributed by atoms with Gasteiger partial charge in [0.1, 0.15) is 0 Å². The average molecular weight is 247 g/mol. The van der Waals surface area contributed by atoms with Crippen LogP contribution in [0.25, 0.3) is 0 Å². The van der Waals surface area contributed by atoms with Crippen molar-refractivity contribution in [3.63, 3.8) is 0 Å². The average Bonchev–Trinajstić information content (AvgIpc) is 2.37. The Morgan fingerprint density at radius 3 is 2.72 bits per heavy atom. The predicted molar refractivity (Wildman–Crippen MR) is 62.0 cm³/mol. The van der Waals surface area contributed by atoms with Crippen LogP contribution in [-0.4, -0.2) is 41.0 Å². The number of fused-ring (bicyclic) bond motifs is 2. The topological polar surface area (TPSA) is 92.5 Å². The quantitative estimate of drug-likeness (QED) is 0.569. The number of nitrogens with zero attached hydrogens (tertiary/aromatic N) is 1. The number of piperazine rings is 1. The van der Waals surface area contributed by atoms with Gasteiger partial charge >= 0.3 is 0 Å². The summed E-state index contributed by atoms with van der Waals surface area (Å²) in [4.78, 5) is 36.6. The molecule has 1 amide bonds. The standard InChI is InChI=1S/C12H13N3O3/c13-11(18)7-1-2-8-4-14-6-12(15(8)5-7)9(16)3-10(12)17/h2,5,14H,1,3-4,6H2,(H2,13,18). The fraction of sp³-hybridized carbons (Fsp3) is 0.417. The van der Waals surface area contributed by atoms with Gasteiger partial charge in [0.05, 0.1) is 6.42 Å². The zero-order valence-corrected chi connectivity index (χ0v) is 9.73. The summed E-state index contributed by atoms with van der Waals surface area (Å²) in [5.74, 6) is -0.724. The van der Waals surface area contributed by atoms with Crippen LogP contribution in [0.5, 0.6) is 0 Å². The van der Waals surface area contributed by atoms with Gasteiger partial charge < -0.3 is 16.0 Å². The maximum absolute atomic E-state index is 11.9. The first-order valence-electron chi connectivity index (χ1n) is 5.82. The lowest BCUT2D eigenvalue weighted by Gasteiger charge is -2.51. The van der Waals surface area contributed by atoms with Crippen molar-refractivity contribution in [3.05, 3.63) is 23.5 Å². The third-order valence-corrected chi connectivity index (χ3v) is 3.81. The molecule has 0 unspecified atom stereocenters. The summed E-state index contributed by atoms with van der Waals surface area (Å²) in [6.07, 6.45) is 3.83. The van der Waals surface area contributed by atoms with E-state index < -0.39 is 11.4 Å². The maximum atomic E-state index is 11.9. The first kappa shape index (κ1) is 11.2. The van der Waals surface area contributed by atoms with Gasteiger partial charge in [0.2, 0.25) is 5.91 Å². The molecule has 18 heavy (non-hydrogen) atoms. The lowest BCUT2D eigenvalue weighted by Crippen LogP contribution is -2.73. The molecule has 0 atom stereocenters. The Kier molecular flexibility index (Phi) is 2.18. The van der Waals surface area contributed by atoms with Gasteiger partial charge in [-0.15, -0.1) is 0 Å². The SMILES string of the molecule is NC(=O)C1=CN2C(=CC1)CNCC21C(=O)CC1=O. The summed E-state index contributed by atoms with van der Waals surface area (Å²) in [6.45, 7) is 0.884. The second-order valence-electron chi connectivity index (χ2n) is 4.78. The van der Waals surface area contributed by atoms with Crippen molar-refractivity contribution in [2.45, 2.75) is 18.4 Å². The number of ketones is 2. The normalized spacial score (nSPS) is 25.2. The highest BCUT2D eigenvalue weighted by molar-refractivity contribution is 6.29. The van der Waals surface area contributed by atoms with Crippen molar-refractivity contribution in [3.8, 4) is 0 Å². The minimum atomic E-state index is -1.13. The molecule has 2 aliphatic heterocycles. The monoisotopic (exact) mass is 247 g/mol. The molecule has 2 heterocycles. The molecule has 1 spiro atoms. The van der Waals surface area contributed by atoms with Crippen LogP contribution in [-0.2, 0) is 14.4 Å². The molecule has 3 N–H and O–H groups in total. The number of carbonyl (C=O) groups excluding carboxylic acids is 3. The third kappa shape index (κ3) is 1.23. The van der Waals surface area contributed by atoms with E-state index in [4.69, 9.17) is 5.73 Å². The first-order valence-corrected chi connectivity index (χ1v) is 5.82. The van der Waals surface area contributed by atoms with Gasteiger partial charge in [-0.2, -0.15) is 0 Å². The van der Waals surface area contributed by atoms with Crippen molar-refractivity contribution in [2.24, 2.45) is 5.73 Å². The van der Waals surface area contributed by atoms with Gasteiger partial charge in [-0.05, 0) is 6.42 Å². The van der Waals surface area contributed by atoms with Crippen molar-refractivity contribution in [1.29, 1.82) is 0 Å². The van der Waals surface area contributed by atoms with Crippen molar-refractivity contribution in [2.75, 3.05) is 13.1 Å². The molecular formula is C12H13N3O3. The molecule has 0 bridgehead atoms. The molecule has 2 fully saturated rings. The number of nitrogens with two attached hydrogens (primary N) is 1. The Morgan fingerprint density at radius 2 is 2.11 bits per heavy atom. The Labute approximate surface area is 103 Å². The lowest BCUT2D eigenvalue weighted by molar-refractivity contribution is -0.153. The van der Waals surface area contributed by atoms with Crippen LogP contribution >= 0.6 is 0 Å². The minimum Gasteiger partial charge on any atom is -0.366 e. The van der Waals surface area contributed by atoms with Crippen molar-refractivity contribution in [1.82, 2.24) is 10.2 Å². The van der Waals surface area contributed by atoms with Crippen molar-refractivity contribution < 1.29 is 14.4 Å². The van der Waals surface area contributed by atoms with E-state index in [9.17, 15) is 14.4 Å². The van der Waals surface area contributed by atoms with E-state index in [1.807, 2.05) is 6.08 Å². The van der Waals surface area contributed by atoms with Crippen molar-refractivity contribution >= 4 is 17.5 Å². The van der Waals surface area contributed by atoms with E-state index in [2.05, 4.69) is 5.32 Å². The molecule has 0 aromatic heterocycles. The number of nitrogens with one attached hydrogen (secondary N) is 1. The first-order chi connectivity index (χ1) is 8.55.